The Morgan fingerprint density at radius 2 is 1.79 bits per heavy atom. The number of carbonyl (C=O) groups is 1. The van der Waals surface area contributed by atoms with Crippen molar-refractivity contribution in [2.24, 2.45) is 0 Å². The van der Waals surface area contributed by atoms with Gasteiger partial charge < -0.3 is 9.84 Å². The topological polar surface area (TPSA) is 80.7 Å². The van der Waals surface area contributed by atoms with Crippen LogP contribution in [-0.2, 0) is 21.1 Å². The number of carboxylic acid groups (broad SMARTS) is 1. The summed E-state index contributed by atoms with van der Waals surface area (Å²) in [7, 11) is -3.72. The van der Waals surface area contributed by atoms with Gasteiger partial charge in [-0.15, -0.1) is 0 Å². The molecule has 2 rings (SSSR count). The van der Waals surface area contributed by atoms with E-state index in [1.54, 1.807) is 24.3 Å². The average Bonchev–Trinajstić information content (AvgIpc) is 2.55. The van der Waals surface area contributed by atoms with E-state index in [2.05, 4.69) is 0 Å². The molecule has 0 saturated heterocycles. The zero-order valence-corrected chi connectivity index (χ0v) is 14.3. The zero-order chi connectivity index (χ0) is 17.6. The Morgan fingerprint density at radius 3 is 2.42 bits per heavy atom. The van der Waals surface area contributed by atoms with Gasteiger partial charge in [0.2, 0.25) is 9.84 Å². The maximum absolute atomic E-state index is 12.8. The first kappa shape index (κ1) is 18.0. The number of aliphatic carboxylic acids is 1. The molecule has 0 aliphatic carbocycles. The lowest BCUT2D eigenvalue weighted by Gasteiger charge is -2.11. The summed E-state index contributed by atoms with van der Waals surface area (Å²) in [5.41, 5.74) is 0.394. The Hall–Kier alpha value is -2.34. The summed E-state index contributed by atoms with van der Waals surface area (Å²) in [6, 6.07) is 12.5. The van der Waals surface area contributed by atoms with Gasteiger partial charge in [-0.05, 0) is 42.3 Å². The predicted molar refractivity (Wildman–Crippen MR) is 90.1 cm³/mol. The van der Waals surface area contributed by atoms with Gasteiger partial charge in [0.15, 0.2) is 0 Å². The molecule has 0 atom stereocenters. The van der Waals surface area contributed by atoms with Crippen LogP contribution in [0.2, 0.25) is 0 Å². The Morgan fingerprint density at radius 1 is 1.08 bits per heavy atom. The van der Waals surface area contributed by atoms with E-state index in [1.165, 1.54) is 24.3 Å². The second-order valence-electron chi connectivity index (χ2n) is 5.40. The molecule has 0 amide bonds. The lowest BCUT2D eigenvalue weighted by Crippen LogP contribution is -2.07. The standard InChI is InChI=1S/C18H20O5S/c1-2-3-9-23-15-10-14(12-18(19)20)11-17(13-15)24(21,22)16-7-5-4-6-8-16/h4-8,10-11,13H,2-3,9,12H2,1H3,(H,19,20). The first-order valence-corrected chi connectivity index (χ1v) is 9.20. The van der Waals surface area contributed by atoms with Crippen molar-refractivity contribution in [3.63, 3.8) is 0 Å². The number of rotatable bonds is 8. The van der Waals surface area contributed by atoms with Gasteiger partial charge in [0, 0.05) is 0 Å². The molecule has 6 heteroatoms. The molecule has 0 fully saturated rings. The highest BCUT2D eigenvalue weighted by atomic mass is 32.2. The highest BCUT2D eigenvalue weighted by Crippen LogP contribution is 2.26. The SMILES string of the molecule is CCCCOc1cc(CC(=O)O)cc(S(=O)(=O)c2ccccc2)c1. The van der Waals surface area contributed by atoms with E-state index in [0.717, 1.165) is 12.8 Å². The first-order valence-electron chi connectivity index (χ1n) is 7.72. The zero-order valence-electron chi connectivity index (χ0n) is 13.4. The summed E-state index contributed by atoms with van der Waals surface area (Å²) in [6.07, 6.45) is 1.52. The fourth-order valence-electron chi connectivity index (χ4n) is 2.22. The van der Waals surface area contributed by atoms with E-state index in [9.17, 15) is 13.2 Å². The molecule has 0 saturated carbocycles. The molecule has 0 aliphatic heterocycles. The fraction of sp³-hybridized carbons (Fsp3) is 0.278. The molecule has 0 spiro atoms. The highest BCUT2D eigenvalue weighted by Gasteiger charge is 2.19. The highest BCUT2D eigenvalue weighted by molar-refractivity contribution is 7.91. The third-order valence-corrected chi connectivity index (χ3v) is 5.17. The molecular formula is C18H20O5S. The first-order chi connectivity index (χ1) is 11.4. The van der Waals surface area contributed by atoms with Gasteiger partial charge in [0.25, 0.3) is 0 Å². The Bertz CT molecular complexity index is 797. The summed E-state index contributed by atoms with van der Waals surface area (Å²) in [4.78, 5) is 11.2. The Kier molecular flexibility index (Phi) is 5.98. The second kappa shape index (κ2) is 7.97. The second-order valence-corrected chi connectivity index (χ2v) is 7.35. The largest absolute Gasteiger partial charge is 0.494 e. The predicted octanol–water partition coefficient (Wildman–Crippen LogP) is 3.33. The quantitative estimate of drug-likeness (QED) is 0.740. The molecule has 24 heavy (non-hydrogen) atoms. The summed E-state index contributed by atoms with van der Waals surface area (Å²) >= 11 is 0. The molecular weight excluding hydrogens is 328 g/mol. The van der Waals surface area contributed by atoms with E-state index in [-0.39, 0.29) is 16.2 Å². The number of hydrogen-bond donors (Lipinski definition) is 1. The molecule has 1 N–H and O–H groups in total. The smallest absolute Gasteiger partial charge is 0.307 e. The number of ether oxygens (including phenoxy) is 1. The lowest BCUT2D eigenvalue weighted by molar-refractivity contribution is -0.136. The molecule has 128 valence electrons. The van der Waals surface area contributed by atoms with E-state index in [1.807, 2.05) is 6.92 Å². The minimum absolute atomic E-state index is 0.0407. The van der Waals surface area contributed by atoms with Crippen LogP contribution in [0.3, 0.4) is 0 Å². The van der Waals surface area contributed by atoms with Crippen LogP contribution in [0.5, 0.6) is 5.75 Å². The van der Waals surface area contributed by atoms with Crippen LogP contribution >= 0.6 is 0 Å². The van der Waals surface area contributed by atoms with E-state index < -0.39 is 15.8 Å². The molecule has 2 aromatic carbocycles. The minimum atomic E-state index is -3.72. The van der Waals surface area contributed by atoms with Crippen LogP contribution < -0.4 is 4.74 Å². The summed E-state index contributed by atoms with van der Waals surface area (Å²) in [5, 5.41) is 8.99. The molecule has 0 unspecified atom stereocenters. The third-order valence-electron chi connectivity index (χ3n) is 3.43. The molecule has 0 bridgehead atoms. The Labute approximate surface area is 141 Å². The lowest BCUT2D eigenvalue weighted by atomic mass is 10.1. The molecule has 0 aromatic heterocycles. The van der Waals surface area contributed by atoms with E-state index >= 15 is 0 Å². The number of sulfone groups is 1. The van der Waals surface area contributed by atoms with Crippen LogP contribution in [0.25, 0.3) is 0 Å². The van der Waals surface area contributed by atoms with Gasteiger partial charge in [0.05, 0.1) is 22.8 Å². The van der Waals surface area contributed by atoms with Gasteiger partial charge in [-0.25, -0.2) is 8.42 Å². The minimum Gasteiger partial charge on any atom is -0.494 e. The van der Waals surface area contributed by atoms with E-state index in [4.69, 9.17) is 9.84 Å². The van der Waals surface area contributed by atoms with Crippen LogP contribution in [0.15, 0.2) is 58.3 Å². The maximum Gasteiger partial charge on any atom is 0.307 e. The van der Waals surface area contributed by atoms with Crippen molar-refractivity contribution in [1.29, 1.82) is 0 Å². The number of unbranched alkanes of at least 4 members (excludes halogenated alkanes) is 1. The van der Waals surface area contributed by atoms with Crippen molar-refractivity contribution >= 4 is 15.8 Å². The third kappa shape index (κ3) is 4.58. The summed E-state index contributed by atoms with van der Waals surface area (Å²) in [6.45, 7) is 2.48. The van der Waals surface area contributed by atoms with Crippen molar-refractivity contribution in [2.45, 2.75) is 36.0 Å². The number of hydrogen-bond acceptors (Lipinski definition) is 4. The summed E-state index contributed by atoms with van der Waals surface area (Å²) < 4.78 is 31.1. The average molecular weight is 348 g/mol. The van der Waals surface area contributed by atoms with Gasteiger partial charge in [0.1, 0.15) is 5.75 Å². The van der Waals surface area contributed by atoms with Gasteiger partial charge in [-0.3, -0.25) is 4.79 Å². The normalized spacial score (nSPS) is 11.2. The van der Waals surface area contributed by atoms with Crippen LogP contribution in [-0.4, -0.2) is 26.1 Å². The van der Waals surface area contributed by atoms with Gasteiger partial charge >= 0.3 is 5.97 Å². The summed E-state index contributed by atoms with van der Waals surface area (Å²) in [5.74, 6) is -0.652. The molecule has 0 radical (unpaired) electrons. The van der Waals surface area contributed by atoms with Gasteiger partial charge in [-0.1, -0.05) is 31.5 Å². The van der Waals surface area contributed by atoms with Crippen LogP contribution in [0.4, 0.5) is 0 Å². The molecule has 0 heterocycles. The number of benzene rings is 2. The van der Waals surface area contributed by atoms with Crippen molar-refractivity contribution in [2.75, 3.05) is 6.61 Å². The van der Waals surface area contributed by atoms with Crippen LogP contribution in [0.1, 0.15) is 25.3 Å². The van der Waals surface area contributed by atoms with Crippen molar-refractivity contribution in [1.82, 2.24) is 0 Å². The Balaban J connectivity index is 2.43. The number of carboxylic acids is 1. The molecule has 2 aromatic rings. The van der Waals surface area contributed by atoms with Gasteiger partial charge in [-0.2, -0.15) is 0 Å². The fourth-order valence-corrected chi connectivity index (χ4v) is 3.58. The van der Waals surface area contributed by atoms with E-state index in [0.29, 0.717) is 17.9 Å². The monoisotopic (exact) mass is 348 g/mol. The van der Waals surface area contributed by atoms with Crippen molar-refractivity contribution < 1.29 is 23.1 Å². The molecule has 0 aliphatic rings. The van der Waals surface area contributed by atoms with Crippen molar-refractivity contribution in [3.05, 3.63) is 54.1 Å². The van der Waals surface area contributed by atoms with Crippen molar-refractivity contribution in [3.8, 4) is 5.75 Å². The van der Waals surface area contributed by atoms with Crippen LogP contribution in [0, 0.1) is 0 Å². The maximum atomic E-state index is 12.8. The molecule has 5 nitrogen and oxygen atoms in total.